The van der Waals surface area contributed by atoms with Crippen molar-refractivity contribution in [3.05, 3.63) is 68.1 Å². The minimum Gasteiger partial charge on any atom is -0.388 e. The van der Waals surface area contributed by atoms with Gasteiger partial charge in [0.05, 0.1) is 6.10 Å². The maximum atomic E-state index is 10.4. The van der Waals surface area contributed by atoms with E-state index in [1.165, 1.54) is 5.56 Å². The fraction of sp³-hybridized carbons (Fsp3) is 0.333. The molecule has 2 rings (SSSR count). The van der Waals surface area contributed by atoms with Crippen molar-refractivity contribution in [2.45, 2.75) is 38.7 Å². The zero-order valence-electron chi connectivity index (χ0n) is 12.5. The van der Waals surface area contributed by atoms with Gasteiger partial charge in [0.2, 0.25) is 0 Å². The van der Waals surface area contributed by atoms with Gasteiger partial charge in [-0.1, -0.05) is 76.9 Å². The van der Waals surface area contributed by atoms with E-state index in [-0.39, 0.29) is 5.41 Å². The predicted molar refractivity (Wildman–Crippen MR) is 95.6 cm³/mol. The van der Waals surface area contributed by atoms with Gasteiger partial charge in [0, 0.05) is 15.4 Å². The lowest BCUT2D eigenvalue weighted by atomic mass is 9.86. The third-order valence-electron chi connectivity index (χ3n) is 3.52. The van der Waals surface area contributed by atoms with Crippen molar-refractivity contribution in [1.82, 2.24) is 0 Å². The van der Waals surface area contributed by atoms with Crippen molar-refractivity contribution >= 4 is 31.9 Å². The molecule has 112 valence electrons. The van der Waals surface area contributed by atoms with Gasteiger partial charge >= 0.3 is 0 Å². The molecule has 2 aromatic rings. The van der Waals surface area contributed by atoms with Crippen LogP contribution in [0.2, 0.25) is 0 Å². The molecule has 1 unspecified atom stereocenters. The lowest BCUT2D eigenvalue weighted by Crippen LogP contribution is -2.11. The van der Waals surface area contributed by atoms with Gasteiger partial charge in [-0.25, -0.2) is 0 Å². The second-order valence-electron chi connectivity index (χ2n) is 6.37. The first-order valence-electron chi connectivity index (χ1n) is 6.99. The molecule has 0 aliphatic rings. The minimum absolute atomic E-state index is 0.159. The summed E-state index contributed by atoms with van der Waals surface area (Å²) < 4.78 is 1.93. The maximum Gasteiger partial charge on any atom is 0.0831 e. The topological polar surface area (TPSA) is 20.2 Å². The number of halogens is 2. The Bertz CT molecular complexity index is 592. The van der Waals surface area contributed by atoms with Crippen LogP contribution in [0.4, 0.5) is 0 Å². The first kappa shape index (κ1) is 16.7. The van der Waals surface area contributed by atoms with Gasteiger partial charge in [0.15, 0.2) is 0 Å². The molecule has 3 heteroatoms. The zero-order chi connectivity index (χ0) is 15.6. The Morgan fingerprint density at radius 1 is 0.952 bits per heavy atom. The monoisotopic (exact) mass is 410 g/mol. The molecule has 21 heavy (non-hydrogen) atoms. The third kappa shape index (κ3) is 4.67. The van der Waals surface area contributed by atoms with Gasteiger partial charge in [0.25, 0.3) is 0 Å². The van der Waals surface area contributed by atoms with Gasteiger partial charge in [-0.15, -0.1) is 0 Å². The molecule has 1 nitrogen and oxygen atoms in total. The first-order chi connectivity index (χ1) is 9.75. The van der Waals surface area contributed by atoms with Crippen molar-refractivity contribution in [3.8, 4) is 0 Å². The summed E-state index contributed by atoms with van der Waals surface area (Å²) >= 11 is 6.91. The molecule has 0 fully saturated rings. The van der Waals surface area contributed by atoms with Crippen molar-refractivity contribution in [3.63, 3.8) is 0 Å². The molecule has 0 amide bonds. The second kappa shape index (κ2) is 6.64. The van der Waals surface area contributed by atoms with Crippen molar-refractivity contribution < 1.29 is 5.11 Å². The van der Waals surface area contributed by atoms with E-state index in [2.05, 4.69) is 76.9 Å². The SMILES string of the molecule is CC(C)(C)c1ccc(CC(O)c2cc(Br)cc(Br)c2)cc1. The van der Waals surface area contributed by atoms with E-state index in [0.717, 1.165) is 20.1 Å². The Morgan fingerprint density at radius 2 is 1.48 bits per heavy atom. The molecule has 0 saturated carbocycles. The number of aliphatic hydroxyl groups is 1. The van der Waals surface area contributed by atoms with Crippen molar-refractivity contribution in [2.24, 2.45) is 0 Å². The number of benzene rings is 2. The van der Waals surface area contributed by atoms with Crippen LogP contribution in [-0.4, -0.2) is 5.11 Å². The van der Waals surface area contributed by atoms with E-state index in [4.69, 9.17) is 0 Å². The van der Waals surface area contributed by atoms with Crippen LogP contribution >= 0.6 is 31.9 Å². The summed E-state index contributed by atoms with van der Waals surface area (Å²) in [5.74, 6) is 0. The fourth-order valence-electron chi connectivity index (χ4n) is 2.25. The quantitative estimate of drug-likeness (QED) is 0.677. The van der Waals surface area contributed by atoms with E-state index >= 15 is 0 Å². The Morgan fingerprint density at radius 3 is 1.95 bits per heavy atom. The molecule has 0 spiro atoms. The molecule has 0 bridgehead atoms. The number of hydrogen-bond acceptors (Lipinski definition) is 1. The van der Waals surface area contributed by atoms with Crippen molar-refractivity contribution in [2.75, 3.05) is 0 Å². The normalized spacial score (nSPS) is 13.2. The summed E-state index contributed by atoms with van der Waals surface area (Å²) in [7, 11) is 0. The van der Waals surface area contributed by atoms with E-state index < -0.39 is 6.10 Å². The Labute approximate surface area is 143 Å². The van der Waals surface area contributed by atoms with Crippen LogP contribution in [0, 0.1) is 0 Å². The zero-order valence-corrected chi connectivity index (χ0v) is 15.7. The van der Waals surface area contributed by atoms with Gasteiger partial charge in [-0.05, 0) is 40.3 Å². The standard InChI is InChI=1S/C18H20Br2O/c1-18(2,3)14-6-4-12(5-7-14)8-17(21)13-9-15(19)11-16(20)10-13/h4-7,9-11,17,21H,8H2,1-3H3. The van der Waals surface area contributed by atoms with Crippen LogP contribution in [0.5, 0.6) is 0 Å². The summed E-state index contributed by atoms with van der Waals surface area (Å²) in [4.78, 5) is 0. The van der Waals surface area contributed by atoms with E-state index in [0.29, 0.717) is 6.42 Å². The van der Waals surface area contributed by atoms with Gasteiger partial charge in [0.1, 0.15) is 0 Å². The number of hydrogen-bond donors (Lipinski definition) is 1. The van der Waals surface area contributed by atoms with Crippen LogP contribution in [-0.2, 0) is 11.8 Å². The van der Waals surface area contributed by atoms with Crippen LogP contribution in [0.3, 0.4) is 0 Å². The third-order valence-corrected chi connectivity index (χ3v) is 4.43. The summed E-state index contributed by atoms with van der Waals surface area (Å²) in [5, 5.41) is 10.4. The highest BCUT2D eigenvalue weighted by Gasteiger charge is 2.14. The van der Waals surface area contributed by atoms with Crippen LogP contribution in [0.1, 0.15) is 43.6 Å². The summed E-state index contributed by atoms with van der Waals surface area (Å²) in [6, 6.07) is 14.4. The molecule has 0 saturated heterocycles. The Hall–Kier alpha value is -0.640. The van der Waals surface area contributed by atoms with Crippen LogP contribution in [0.15, 0.2) is 51.4 Å². The largest absolute Gasteiger partial charge is 0.388 e. The second-order valence-corrected chi connectivity index (χ2v) is 8.20. The highest BCUT2D eigenvalue weighted by Crippen LogP contribution is 2.27. The van der Waals surface area contributed by atoms with E-state index in [1.54, 1.807) is 0 Å². The summed E-state index contributed by atoms with van der Waals surface area (Å²) in [6.07, 6.45) is 0.118. The molecule has 2 aromatic carbocycles. The Kier molecular flexibility index (Phi) is 5.29. The molecular weight excluding hydrogens is 392 g/mol. The molecule has 0 aliphatic carbocycles. The lowest BCUT2D eigenvalue weighted by Gasteiger charge is -2.19. The number of rotatable bonds is 3. The molecular formula is C18H20Br2O. The number of aliphatic hydroxyl groups excluding tert-OH is 1. The highest BCUT2D eigenvalue weighted by atomic mass is 79.9. The minimum atomic E-state index is -0.501. The van der Waals surface area contributed by atoms with Gasteiger partial charge in [-0.2, -0.15) is 0 Å². The fourth-order valence-corrected chi connectivity index (χ4v) is 3.58. The first-order valence-corrected chi connectivity index (χ1v) is 8.58. The molecule has 0 aliphatic heterocycles. The van der Waals surface area contributed by atoms with Crippen LogP contribution < -0.4 is 0 Å². The van der Waals surface area contributed by atoms with E-state index in [9.17, 15) is 5.11 Å². The molecule has 0 radical (unpaired) electrons. The van der Waals surface area contributed by atoms with E-state index in [1.807, 2.05) is 18.2 Å². The highest BCUT2D eigenvalue weighted by molar-refractivity contribution is 9.11. The van der Waals surface area contributed by atoms with Crippen LogP contribution in [0.25, 0.3) is 0 Å². The predicted octanol–water partition coefficient (Wildman–Crippen LogP) is 5.79. The maximum absolute atomic E-state index is 10.4. The lowest BCUT2D eigenvalue weighted by molar-refractivity contribution is 0.178. The Balaban J connectivity index is 2.14. The molecule has 0 heterocycles. The molecule has 1 N–H and O–H groups in total. The average molecular weight is 412 g/mol. The van der Waals surface area contributed by atoms with Gasteiger partial charge < -0.3 is 5.11 Å². The summed E-state index contributed by atoms with van der Waals surface area (Å²) in [5.41, 5.74) is 3.53. The van der Waals surface area contributed by atoms with Gasteiger partial charge in [-0.3, -0.25) is 0 Å². The molecule has 1 atom stereocenters. The summed E-state index contributed by atoms with van der Waals surface area (Å²) in [6.45, 7) is 6.61. The molecule has 0 aromatic heterocycles. The average Bonchev–Trinajstić information content (AvgIpc) is 2.37. The smallest absolute Gasteiger partial charge is 0.0831 e. The van der Waals surface area contributed by atoms with Crippen molar-refractivity contribution in [1.29, 1.82) is 0 Å².